The Balaban J connectivity index is 1.24. The molecule has 162 valence electrons. The average molecular weight is 410 g/mol. The van der Waals surface area contributed by atoms with E-state index < -0.39 is 6.10 Å². The van der Waals surface area contributed by atoms with Gasteiger partial charge < -0.3 is 14.7 Å². The van der Waals surface area contributed by atoms with Crippen LogP contribution in [0.15, 0.2) is 48.5 Å². The second-order valence-corrected chi connectivity index (χ2v) is 8.58. The van der Waals surface area contributed by atoms with E-state index in [0.717, 1.165) is 64.5 Å². The molecule has 0 aromatic heterocycles. The van der Waals surface area contributed by atoms with Gasteiger partial charge in [0.25, 0.3) is 0 Å². The van der Waals surface area contributed by atoms with Crippen LogP contribution in [0.1, 0.15) is 23.6 Å². The lowest BCUT2D eigenvalue weighted by atomic mass is 9.99. The zero-order valence-electron chi connectivity index (χ0n) is 18.2. The fourth-order valence-electron chi connectivity index (χ4n) is 4.51. The summed E-state index contributed by atoms with van der Waals surface area (Å²) in [7, 11) is 0. The van der Waals surface area contributed by atoms with Crippen LogP contribution in [0.5, 0.6) is 5.75 Å². The maximum absolute atomic E-state index is 10.4. The second kappa shape index (κ2) is 10.4. The lowest BCUT2D eigenvalue weighted by Crippen LogP contribution is -2.49. The zero-order valence-corrected chi connectivity index (χ0v) is 18.2. The quantitative estimate of drug-likeness (QED) is 0.726. The van der Waals surface area contributed by atoms with Crippen molar-refractivity contribution in [2.24, 2.45) is 0 Å². The van der Waals surface area contributed by atoms with Gasteiger partial charge in [0.05, 0.1) is 0 Å². The van der Waals surface area contributed by atoms with Gasteiger partial charge in [-0.3, -0.25) is 9.80 Å². The molecule has 1 unspecified atom stereocenters. The lowest BCUT2D eigenvalue weighted by molar-refractivity contribution is 0.0470. The Morgan fingerprint density at radius 3 is 2.47 bits per heavy atom. The molecule has 1 fully saturated rings. The first-order valence-corrected chi connectivity index (χ1v) is 11.3. The number of likely N-dealkylation sites (N-methyl/N-ethyl adjacent to an activating group) is 1. The van der Waals surface area contributed by atoms with E-state index in [1.807, 2.05) is 6.07 Å². The number of nitrogens with zero attached hydrogens (tertiary/aromatic N) is 3. The third-order valence-corrected chi connectivity index (χ3v) is 6.34. The van der Waals surface area contributed by atoms with Crippen LogP contribution in [0, 0.1) is 0 Å². The van der Waals surface area contributed by atoms with E-state index in [-0.39, 0.29) is 0 Å². The highest BCUT2D eigenvalue weighted by molar-refractivity contribution is 5.31. The number of hydrogen-bond acceptors (Lipinski definition) is 5. The Kier molecular flexibility index (Phi) is 7.39. The molecule has 2 aromatic rings. The summed E-state index contributed by atoms with van der Waals surface area (Å²) in [5, 5.41) is 10.4. The summed E-state index contributed by atoms with van der Waals surface area (Å²) in [5.74, 6) is 0.847. The first kappa shape index (κ1) is 21.3. The Bertz CT molecular complexity index is 804. The number of rotatable bonds is 8. The molecule has 5 heteroatoms. The minimum atomic E-state index is -0.458. The number of piperazine rings is 1. The summed E-state index contributed by atoms with van der Waals surface area (Å²) in [4.78, 5) is 7.28. The number of ether oxygens (including phenoxy) is 1. The molecule has 0 radical (unpaired) electrons. The van der Waals surface area contributed by atoms with Gasteiger partial charge in [0.15, 0.2) is 0 Å². The molecule has 1 atom stereocenters. The molecule has 2 aliphatic rings. The molecule has 0 spiro atoms. The zero-order chi connectivity index (χ0) is 20.8. The third-order valence-electron chi connectivity index (χ3n) is 6.34. The van der Waals surface area contributed by atoms with Crippen molar-refractivity contribution in [3.05, 3.63) is 65.2 Å². The van der Waals surface area contributed by atoms with Crippen LogP contribution < -0.4 is 4.74 Å². The highest BCUT2D eigenvalue weighted by Gasteiger charge is 2.19. The summed E-state index contributed by atoms with van der Waals surface area (Å²) in [6.45, 7) is 11.6. The van der Waals surface area contributed by atoms with Crippen LogP contribution >= 0.6 is 0 Å². The van der Waals surface area contributed by atoms with Crippen molar-refractivity contribution in [3.63, 3.8) is 0 Å². The van der Waals surface area contributed by atoms with Crippen LogP contribution in [0.25, 0.3) is 0 Å². The van der Waals surface area contributed by atoms with Gasteiger partial charge in [0.2, 0.25) is 0 Å². The Hall–Kier alpha value is -1.92. The first-order chi connectivity index (χ1) is 14.7. The number of aliphatic hydroxyl groups excluding tert-OH is 1. The van der Waals surface area contributed by atoms with E-state index >= 15 is 0 Å². The Morgan fingerprint density at radius 1 is 0.900 bits per heavy atom. The van der Waals surface area contributed by atoms with Gasteiger partial charge in [-0.2, -0.15) is 0 Å². The molecule has 4 rings (SSSR count). The normalized spacial score (nSPS) is 19.4. The summed E-state index contributed by atoms with van der Waals surface area (Å²) in [6.07, 6.45) is 0.658. The smallest absolute Gasteiger partial charge is 0.119 e. The van der Waals surface area contributed by atoms with Gasteiger partial charge in [0, 0.05) is 52.4 Å². The van der Waals surface area contributed by atoms with Gasteiger partial charge in [-0.25, -0.2) is 0 Å². The topological polar surface area (TPSA) is 39.2 Å². The van der Waals surface area contributed by atoms with E-state index in [9.17, 15) is 5.11 Å². The highest BCUT2D eigenvalue weighted by Crippen LogP contribution is 2.22. The van der Waals surface area contributed by atoms with Crippen LogP contribution in [0.2, 0.25) is 0 Å². The number of hydrogen-bond donors (Lipinski definition) is 1. The Morgan fingerprint density at radius 2 is 1.67 bits per heavy atom. The molecule has 2 heterocycles. The van der Waals surface area contributed by atoms with E-state index in [2.05, 4.69) is 64.1 Å². The summed E-state index contributed by atoms with van der Waals surface area (Å²) in [6, 6.07) is 17.1. The molecule has 5 nitrogen and oxygen atoms in total. The minimum absolute atomic E-state index is 0.342. The van der Waals surface area contributed by atoms with Crippen LogP contribution in [-0.4, -0.2) is 78.3 Å². The third kappa shape index (κ3) is 5.82. The SMILES string of the molecule is CCN1CCN(CC(O)COc2cccc(CN3CCc4ccccc4C3)c2)CC1. The summed E-state index contributed by atoms with van der Waals surface area (Å²) >= 11 is 0. The van der Waals surface area contributed by atoms with Crippen molar-refractivity contribution in [1.82, 2.24) is 14.7 Å². The van der Waals surface area contributed by atoms with E-state index in [1.165, 1.54) is 16.7 Å². The van der Waals surface area contributed by atoms with E-state index in [0.29, 0.717) is 13.2 Å². The highest BCUT2D eigenvalue weighted by atomic mass is 16.5. The van der Waals surface area contributed by atoms with Crippen molar-refractivity contribution in [3.8, 4) is 5.75 Å². The van der Waals surface area contributed by atoms with Gasteiger partial charge in [-0.1, -0.05) is 43.3 Å². The molecular formula is C25H35N3O2. The second-order valence-electron chi connectivity index (χ2n) is 8.58. The van der Waals surface area contributed by atoms with Crippen molar-refractivity contribution >= 4 is 0 Å². The molecular weight excluding hydrogens is 374 g/mol. The van der Waals surface area contributed by atoms with Crippen molar-refractivity contribution in [2.45, 2.75) is 32.5 Å². The molecule has 0 saturated carbocycles. The molecule has 2 aromatic carbocycles. The fraction of sp³-hybridized carbons (Fsp3) is 0.520. The monoisotopic (exact) mass is 409 g/mol. The number of fused-ring (bicyclic) bond motifs is 1. The minimum Gasteiger partial charge on any atom is -0.491 e. The number of benzene rings is 2. The molecule has 1 N–H and O–H groups in total. The predicted molar refractivity (Wildman–Crippen MR) is 121 cm³/mol. The average Bonchev–Trinajstić information content (AvgIpc) is 2.78. The largest absolute Gasteiger partial charge is 0.491 e. The summed E-state index contributed by atoms with van der Waals surface area (Å²) < 4.78 is 5.93. The van der Waals surface area contributed by atoms with Gasteiger partial charge in [-0.05, 0) is 41.8 Å². The standard InChI is InChI=1S/C25H35N3O2/c1-2-26-12-14-27(15-13-26)19-24(29)20-30-25-9-5-6-21(16-25)17-28-11-10-22-7-3-4-8-23(22)18-28/h3-9,16,24,29H,2,10-15,17-20H2,1H3. The van der Waals surface area contributed by atoms with Gasteiger partial charge >= 0.3 is 0 Å². The molecule has 0 aliphatic carbocycles. The van der Waals surface area contributed by atoms with Crippen LogP contribution in [0.4, 0.5) is 0 Å². The maximum Gasteiger partial charge on any atom is 0.119 e. The fourth-order valence-corrected chi connectivity index (χ4v) is 4.51. The number of aliphatic hydroxyl groups is 1. The molecule has 0 amide bonds. The maximum atomic E-state index is 10.4. The predicted octanol–water partition coefficient (Wildman–Crippen LogP) is 2.62. The van der Waals surface area contributed by atoms with Crippen LogP contribution in [-0.2, 0) is 19.5 Å². The van der Waals surface area contributed by atoms with Crippen molar-refractivity contribution in [2.75, 3.05) is 52.4 Å². The van der Waals surface area contributed by atoms with Crippen molar-refractivity contribution < 1.29 is 9.84 Å². The molecule has 0 bridgehead atoms. The van der Waals surface area contributed by atoms with Crippen molar-refractivity contribution in [1.29, 1.82) is 0 Å². The van der Waals surface area contributed by atoms with Crippen LogP contribution in [0.3, 0.4) is 0 Å². The summed E-state index contributed by atoms with van der Waals surface area (Å²) in [5.41, 5.74) is 4.19. The van der Waals surface area contributed by atoms with E-state index in [1.54, 1.807) is 0 Å². The molecule has 2 aliphatic heterocycles. The lowest BCUT2D eigenvalue weighted by Gasteiger charge is -2.34. The van der Waals surface area contributed by atoms with Gasteiger partial charge in [0.1, 0.15) is 18.5 Å². The number of β-amino-alcohol motifs (C(OH)–C–C–N with tert-alkyl or cyclic N) is 1. The molecule has 1 saturated heterocycles. The van der Waals surface area contributed by atoms with E-state index in [4.69, 9.17) is 4.74 Å². The molecule has 30 heavy (non-hydrogen) atoms. The van der Waals surface area contributed by atoms with Gasteiger partial charge in [-0.15, -0.1) is 0 Å². The Labute approximate surface area is 180 Å². The first-order valence-electron chi connectivity index (χ1n) is 11.3.